The van der Waals surface area contributed by atoms with Crippen molar-refractivity contribution in [1.82, 2.24) is 20.4 Å². The van der Waals surface area contributed by atoms with Crippen LogP contribution in [0.5, 0.6) is 5.75 Å². The second-order valence-electron chi connectivity index (χ2n) is 5.89. The van der Waals surface area contributed by atoms with Crippen molar-refractivity contribution in [1.29, 1.82) is 0 Å². The number of hydrogen-bond acceptors (Lipinski definition) is 3. The summed E-state index contributed by atoms with van der Waals surface area (Å²) < 4.78 is 7.79. The molecule has 2 aromatic carbocycles. The lowest BCUT2D eigenvalue weighted by Gasteiger charge is -2.13. The molecule has 0 unspecified atom stereocenters. The van der Waals surface area contributed by atoms with Gasteiger partial charge in [0.05, 0.1) is 18.8 Å². The zero-order chi connectivity index (χ0) is 18.2. The van der Waals surface area contributed by atoms with E-state index < -0.39 is 0 Å². The first-order chi connectivity index (χ1) is 12.8. The second-order valence-corrected chi connectivity index (χ2v) is 5.89. The summed E-state index contributed by atoms with van der Waals surface area (Å²) in [5.74, 6) is 1.68. The number of aliphatic imine (C=N–C) groups is 1. The van der Waals surface area contributed by atoms with Crippen molar-refractivity contribution in [2.75, 3.05) is 19.7 Å². The fourth-order valence-corrected chi connectivity index (χ4v) is 2.71. The number of benzene rings is 2. The number of aromatic nitrogens is 2. The van der Waals surface area contributed by atoms with Gasteiger partial charge >= 0.3 is 0 Å². The summed E-state index contributed by atoms with van der Waals surface area (Å²) in [7, 11) is 1.92. The number of hydrogen-bond donors (Lipinski definition) is 2. The summed E-state index contributed by atoms with van der Waals surface area (Å²) in [6.07, 6.45) is 1.78. The Labute approximate surface area is 177 Å². The van der Waals surface area contributed by atoms with Crippen LogP contribution >= 0.6 is 24.0 Å². The van der Waals surface area contributed by atoms with Gasteiger partial charge in [0.25, 0.3) is 0 Å². The molecule has 3 aromatic rings. The lowest BCUT2D eigenvalue weighted by molar-refractivity contribution is 0.325. The van der Waals surface area contributed by atoms with E-state index in [9.17, 15) is 0 Å². The normalized spacial score (nSPS) is 11.1. The first-order valence-corrected chi connectivity index (χ1v) is 8.87. The smallest absolute Gasteiger partial charge is 0.191 e. The van der Waals surface area contributed by atoms with Gasteiger partial charge in [-0.05, 0) is 24.4 Å². The van der Waals surface area contributed by atoms with Crippen molar-refractivity contribution in [2.45, 2.75) is 13.5 Å². The minimum atomic E-state index is 0. The van der Waals surface area contributed by atoms with Crippen LogP contribution in [0.15, 0.2) is 59.7 Å². The molecular formula is C20H26IN5O. The van der Waals surface area contributed by atoms with Crippen molar-refractivity contribution < 1.29 is 4.74 Å². The third-order valence-corrected chi connectivity index (χ3v) is 4.07. The van der Waals surface area contributed by atoms with Crippen LogP contribution in [-0.2, 0) is 13.6 Å². The number of halogens is 1. The minimum absolute atomic E-state index is 0. The van der Waals surface area contributed by atoms with Crippen LogP contribution in [0.25, 0.3) is 10.8 Å². The molecule has 0 spiro atoms. The van der Waals surface area contributed by atoms with Gasteiger partial charge in [-0.25, -0.2) is 4.99 Å². The maximum absolute atomic E-state index is 5.96. The van der Waals surface area contributed by atoms with Gasteiger partial charge in [-0.15, -0.1) is 24.0 Å². The molecule has 0 aliphatic rings. The fraction of sp³-hybridized carbons (Fsp3) is 0.300. The highest BCUT2D eigenvalue weighted by molar-refractivity contribution is 14.0. The largest absolute Gasteiger partial charge is 0.491 e. The molecule has 0 radical (unpaired) electrons. The predicted octanol–water partition coefficient (Wildman–Crippen LogP) is 3.33. The summed E-state index contributed by atoms with van der Waals surface area (Å²) in [6.45, 7) is 4.66. The van der Waals surface area contributed by atoms with Gasteiger partial charge in [-0.1, -0.05) is 36.4 Å². The lowest BCUT2D eigenvalue weighted by Crippen LogP contribution is -2.39. The van der Waals surface area contributed by atoms with E-state index >= 15 is 0 Å². The third-order valence-electron chi connectivity index (χ3n) is 4.07. The van der Waals surface area contributed by atoms with Gasteiger partial charge in [0, 0.05) is 25.2 Å². The van der Waals surface area contributed by atoms with E-state index in [2.05, 4.69) is 38.9 Å². The maximum atomic E-state index is 5.96. The number of guanidine groups is 1. The van der Waals surface area contributed by atoms with E-state index in [4.69, 9.17) is 4.74 Å². The zero-order valence-electron chi connectivity index (χ0n) is 15.7. The first-order valence-electron chi connectivity index (χ1n) is 8.87. The first kappa shape index (κ1) is 21.0. The predicted molar refractivity (Wildman–Crippen MR) is 121 cm³/mol. The van der Waals surface area contributed by atoms with Crippen LogP contribution < -0.4 is 15.4 Å². The van der Waals surface area contributed by atoms with Gasteiger partial charge in [-0.2, -0.15) is 5.10 Å². The molecule has 0 aliphatic heterocycles. The fourth-order valence-electron chi connectivity index (χ4n) is 2.71. The van der Waals surface area contributed by atoms with E-state index in [0.717, 1.165) is 29.3 Å². The van der Waals surface area contributed by atoms with Gasteiger partial charge in [-0.3, -0.25) is 4.68 Å². The van der Waals surface area contributed by atoms with Crippen molar-refractivity contribution in [3.8, 4) is 5.75 Å². The van der Waals surface area contributed by atoms with E-state index in [-0.39, 0.29) is 24.0 Å². The Morgan fingerprint density at radius 2 is 1.93 bits per heavy atom. The molecule has 1 aromatic heterocycles. The molecule has 0 aliphatic carbocycles. The van der Waals surface area contributed by atoms with Gasteiger partial charge in [0.15, 0.2) is 5.96 Å². The number of ether oxygens (including phenoxy) is 1. The van der Waals surface area contributed by atoms with Crippen LogP contribution in [0, 0.1) is 0 Å². The highest BCUT2D eigenvalue weighted by Crippen LogP contribution is 2.24. The molecule has 0 saturated carbocycles. The van der Waals surface area contributed by atoms with Crippen LogP contribution in [0.3, 0.4) is 0 Å². The van der Waals surface area contributed by atoms with Gasteiger partial charge in [0.2, 0.25) is 0 Å². The molecule has 6 nitrogen and oxygen atoms in total. The topological polar surface area (TPSA) is 63.5 Å². The second kappa shape index (κ2) is 10.8. The van der Waals surface area contributed by atoms with E-state index in [1.165, 1.54) is 5.39 Å². The summed E-state index contributed by atoms with van der Waals surface area (Å²) in [6, 6.07) is 16.3. The summed E-state index contributed by atoms with van der Waals surface area (Å²) in [5, 5.41) is 13.0. The van der Waals surface area contributed by atoms with Crippen molar-refractivity contribution in [3.05, 3.63) is 60.4 Å². The Balaban J connectivity index is 0.00000261. The monoisotopic (exact) mass is 479 g/mol. The Hall–Kier alpha value is -2.29. The zero-order valence-corrected chi connectivity index (χ0v) is 18.0. The van der Waals surface area contributed by atoms with Crippen LogP contribution in [0.2, 0.25) is 0 Å². The standard InChI is InChI=1S/C20H25N5O.HI/c1-3-21-20(23-15-17-11-12-24-25(17)2)22-13-14-26-19-10-6-8-16-7-4-5-9-18(16)19;/h4-12H,3,13-15H2,1-2H3,(H2,21,22,23);1H. The number of nitrogens with zero attached hydrogens (tertiary/aromatic N) is 3. The summed E-state index contributed by atoms with van der Waals surface area (Å²) in [4.78, 5) is 4.59. The molecule has 0 fully saturated rings. The average Bonchev–Trinajstić information content (AvgIpc) is 3.08. The molecule has 1 heterocycles. The van der Waals surface area contributed by atoms with Crippen LogP contribution in [0.4, 0.5) is 0 Å². The molecule has 144 valence electrons. The highest BCUT2D eigenvalue weighted by atomic mass is 127. The molecule has 0 saturated heterocycles. The van der Waals surface area contributed by atoms with Crippen molar-refractivity contribution in [3.63, 3.8) is 0 Å². The quantitative estimate of drug-likeness (QED) is 0.236. The molecule has 27 heavy (non-hydrogen) atoms. The van der Waals surface area contributed by atoms with Crippen LogP contribution in [0.1, 0.15) is 12.6 Å². The minimum Gasteiger partial charge on any atom is -0.491 e. The Kier molecular flexibility index (Phi) is 8.38. The Morgan fingerprint density at radius 1 is 1.11 bits per heavy atom. The van der Waals surface area contributed by atoms with E-state index in [1.54, 1.807) is 6.20 Å². The highest BCUT2D eigenvalue weighted by Gasteiger charge is 2.03. The molecule has 0 atom stereocenters. The number of rotatable bonds is 7. The number of fused-ring (bicyclic) bond motifs is 1. The summed E-state index contributed by atoms with van der Waals surface area (Å²) in [5.41, 5.74) is 1.06. The van der Waals surface area contributed by atoms with E-state index in [1.807, 2.05) is 49.0 Å². The third kappa shape index (κ3) is 5.85. The SMILES string of the molecule is CCNC(=NCc1ccnn1C)NCCOc1cccc2ccccc12.I. The molecule has 3 rings (SSSR count). The van der Waals surface area contributed by atoms with Gasteiger partial charge in [0.1, 0.15) is 12.4 Å². The molecule has 2 N–H and O–H groups in total. The average molecular weight is 479 g/mol. The number of nitrogens with one attached hydrogen (secondary N) is 2. The molecule has 0 amide bonds. The van der Waals surface area contributed by atoms with Gasteiger partial charge < -0.3 is 15.4 Å². The number of aryl methyl sites for hydroxylation is 1. The van der Waals surface area contributed by atoms with Crippen molar-refractivity contribution in [2.24, 2.45) is 12.0 Å². The lowest BCUT2D eigenvalue weighted by atomic mass is 10.1. The van der Waals surface area contributed by atoms with E-state index in [0.29, 0.717) is 19.7 Å². The maximum Gasteiger partial charge on any atom is 0.191 e. The Bertz CT molecular complexity index is 872. The molecule has 7 heteroatoms. The van der Waals surface area contributed by atoms with Crippen LogP contribution in [-0.4, -0.2) is 35.4 Å². The molecular weight excluding hydrogens is 453 g/mol. The Morgan fingerprint density at radius 3 is 2.70 bits per heavy atom. The van der Waals surface area contributed by atoms with Crippen molar-refractivity contribution >= 4 is 40.7 Å². The summed E-state index contributed by atoms with van der Waals surface area (Å²) >= 11 is 0. The molecule has 0 bridgehead atoms.